The van der Waals surface area contributed by atoms with E-state index in [9.17, 15) is 19.2 Å². The van der Waals surface area contributed by atoms with Crippen molar-refractivity contribution in [3.63, 3.8) is 0 Å². The average Bonchev–Trinajstić information content (AvgIpc) is 3.86. The Kier molecular flexibility index (Phi) is 13.4. The molecular weight excluding hydrogens is 932 g/mol. The van der Waals surface area contributed by atoms with Crippen LogP contribution in [0.2, 0.25) is 5.02 Å². The number of ether oxygens (including phenoxy) is 2. The zero-order chi connectivity index (χ0) is 49.7. The van der Waals surface area contributed by atoms with Gasteiger partial charge in [-0.2, -0.15) is 5.10 Å². The second-order valence-electron chi connectivity index (χ2n) is 19.8. The number of piperidine rings is 1. The molecule has 2 atom stereocenters. The summed E-state index contributed by atoms with van der Waals surface area (Å²) in [5.74, 6) is -2.08. The highest BCUT2D eigenvalue weighted by atomic mass is 35.5. The number of nitrogens with two attached hydrogens (primary N) is 1. The van der Waals surface area contributed by atoms with Gasteiger partial charge in [0.05, 0.1) is 28.9 Å². The number of methoxy groups -OCH3 is 1. The summed E-state index contributed by atoms with van der Waals surface area (Å²) in [5, 5.41) is 11.4. The van der Waals surface area contributed by atoms with Crippen LogP contribution in [0.5, 0.6) is 11.5 Å². The zero-order valence-corrected chi connectivity index (χ0v) is 41.1. The molecule has 0 unspecified atom stereocenters. The minimum atomic E-state index is -1.07. The van der Waals surface area contributed by atoms with Crippen molar-refractivity contribution in [2.45, 2.75) is 69.4 Å². The lowest BCUT2D eigenvalue weighted by Gasteiger charge is -2.41. The Bertz CT molecular complexity index is 2880. The monoisotopic (exact) mass is 991 g/mol. The number of rotatable bonds is 12. The molecule has 5 amide bonds. The number of aryl methyl sites for hydroxylation is 1. The molecule has 0 spiro atoms. The van der Waals surface area contributed by atoms with Crippen LogP contribution in [-0.4, -0.2) is 115 Å². The lowest BCUT2D eigenvalue weighted by atomic mass is 9.77. The van der Waals surface area contributed by atoms with Crippen molar-refractivity contribution in [3.8, 4) is 22.6 Å². The second-order valence-corrected chi connectivity index (χ2v) is 20.1. The van der Waals surface area contributed by atoms with Gasteiger partial charge in [0, 0.05) is 118 Å². The Hall–Kier alpha value is -6.30. The molecule has 5 heterocycles. The molecule has 3 saturated heterocycles. The summed E-state index contributed by atoms with van der Waals surface area (Å²) in [6.07, 6.45) is 5.29. The standard InChI is InChI=1S/C53H60ClF2N9O6/c1-31-43-41(28-38(55)46(54)45(43)44-36(49(57)67)16-17-40(70-3)47(44)56)71-53(31,34-8-5-4-6-9-34)30-58-35-14-12-33(13-15-35)51(68)64-21-18-32(19-22-64)29-62-24-26-63(27-25-62)39-11-7-10-37-48(39)61(2)60-50(37)65-23-20-42(66)59-52(65)69/h4-11,16-17,28,31-33,35,58H,12-15,18-27,29-30H2,1-3H3,(H2,57,67)(H,59,66,69)/t31-,33?,35?,53-/m0/s1. The summed E-state index contributed by atoms with van der Waals surface area (Å²) >= 11 is 6.71. The van der Waals surface area contributed by atoms with Gasteiger partial charge in [0.1, 0.15) is 11.6 Å². The molecule has 18 heteroatoms. The van der Waals surface area contributed by atoms with E-state index < -0.39 is 35.1 Å². The first-order valence-corrected chi connectivity index (χ1v) is 25.1. The highest BCUT2D eigenvalue weighted by molar-refractivity contribution is 6.34. The van der Waals surface area contributed by atoms with E-state index in [2.05, 4.69) is 31.4 Å². The van der Waals surface area contributed by atoms with Crippen LogP contribution in [0, 0.1) is 23.5 Å². The summed E-state index contributed by atoms with van der Waals surface area (Å²) in [7, 11) is 3.20. The number of benzene rings is 4. The van der Waals surface area contributed by atoms with Gasteiger partial charge in [0.2, 0.25) is 17.7 Å². The number of amides is 5. The Labute approximate surface area is 416 Å². The maximum atomic E-state index is 16.2. The number of urea groups is 1. The number of nitrogens with one attached hydrogen (secondary N) is 2. The van der Waals surface area contributed by atoms with E-state index in [4.69, 9.17) is 31.9 Å². The van der Waals surface area contributed by atoms with Crippen molar-refractivity contribution in [1.82, 2.24) is 30.2 Å². The molecule has 5 aromatic rings. The van der Waals surface area contributed by atoms with Gasteiger partial charge >= 0.3 is 6.03 Å². The predicted octanol–water partition coefficient (Wildman–Crippen LogP) is 7.33. The topological polar surface area (TPSA) is 168 Å². The molecule has 0 bridgehead atoms. The lowest BCUT2D eigenvalue weighted by molar-refractivity contribution is -0.138. The highest BCUT2D eigenvalue weighted by Gasteiger charge is 2.50. The van der Waals surface area contributed by atoms with E-state index in [1.54, 1.807) is 4.90 Å². The fraction of sp³-hybridized carbons (Fsp3) is 0.453. The molecule has 1 aromatic heterocycles. The van der Waals surface area contributed by atoms with Crippen LogP contribution < -0.4 is 35.6 Å². The summed E-state index contributed by atoms with van der Waals surface area (Å²) < 4.78 is 45.9. The Balaban J connectivity index is 0.736. The molecular formula is C53H60ClF2N9O6. The molecule has 1 aliphatic carbocycles. The van der Waals surface area contributed by atoms with Crippen molar-refractivity contribution >= 4 is 57.8 Å². The number of para-hydroxylation sites is 1. The molecule has 374 valence electrons. The number of fused-ring (bicyclic) bond motifs is 2. The summed E-state index contributed by atoms with van der Waals surface area (Å²) in [5.41, 5.74) is 7.60. The largest absolute Gasteiger partial charge is 0.494 e. The summed E-state index contributed by atoms with van der Waals surface area (Å²) in [4.78, 5) is 59.7. The molecule has 5 aliphatic rings. The molecule has 71 heavy (non-hydrogen) atoms. The van der Waals surface area contributed by atoms with E-state index in [0.717, 1.165) is 106 Å². The van der Waals surface area contributed by atoms with Crippen LogP contribution in [-0.2, 0) is 22.2 Å². The molecule has 4 aromatic carbocycles. The quantitative estimate of drug-likeness (QED) is 0.115. The zero-order valence-electron chi connectivity index (χ0n) is 40.3. The third-order valence-corrected chi connectivity index (χ3v) is 16.1. The van der Waals surface area contributed by atoms with Crippen LogP contribution in [0.3, 0.4) is 0 Å². The predicted molar refractivity (Wildman–Crippen MR) is 267 cm³/mol. The van der Waals surface area contributed by atoms with Gasteiger partial charge < -0.3 is 30.3 Å². The number of nitrogens with zero attached hydrogens (tertiary/aromatic N) is 6. The number of likely N-dealkylation sites (tertiary alicyclic amines) is 1. The summed E-state index contributed by atoms with van der Waals surface area (Å²) in [6, 6.07) is 19.3. The Morgan fingerprint density at radius 3 is 2.35 bits per heavy atom. The number of imide groups is 1. The molecule has 4 fully saturated rings. The van der Waals surface area contributed by atoms with Crippen molar-refractivity contribution < 1.29 is 37.4 Å². The molecule has 10 rings (SSSR count). The summed E-state index contributed by atoms with van der Waals surface area (Å²) in [6.45, 7) is 8.66. The van der Waals surface area contributed by atoms with Crippen molar-refractivity contribution in [1.29, 1.82) is 0 Å². The number of hydrogen-bond donors (Lipinski definition) is 3. The van der Waals surface area contributed by atoms with Crippen LogP contribution in [0.4, 0.5) is 25.1 Å². The number of piperazine rings is 1. The van der Waals surface area contributed by atoms with E-state index in [-0.39, 0.29) is 63.4 Å². The van der Waals surface area contributed by atoms with Gasteiger partial charge in [0.25, 0.3) is 0 Å². The fourth-order valence-corrected chi connectivity index (χ4v) is 12.1. The van der Waals surface area contributed by atoms with E-state index in [1.165, 1.54) is 25.3 Å². The normalized spacial score (nSPS) is 23.2. The molecule has 0 radical (unpaired) electrons. The van der Waals surface area contributed by atoms with Gasteiger partial charge in [0.15, 0.2) is 23.0 Å². The number of carbonyl (C=O) groups is 4. The Morgan fingerprint density at radius 2 is 1.66 bits per heavy atom. The average molecular weight is 993 g/mol. The maximum absolute atomic E-state index is 16.2. The van der Waals surface area contributed by atoms with Gasteiger partial charge in [-0.05, 0) is 74.3 Å². The number of carbonyl (C=O) groups excluding carboxylic acids is 4. The van der Waals surface area contributed by atoms with Gasteiger partial charge in [-0.1, -0.05) is 54.9 Å². The molecule has 4 aliphatic heterocycles. The van der Waals surface area contributed by atoms with Crippen molar-refractivity contribution in [2.24, 2.45) is 24.6 Å². The minimum absolute atomic E-state index is 0.00142. The first-order chi connectivity index (χ1) is 34.3. The van der Waals surface area contributed by atoms with Crippen molar-refractivity contribution in [3.05, 3.63) is 100 Å². The minimum Gasteiger partial charge on any atom is -0.494 e. The van der Waals surface area contributed by atoms with Gasteiger partial charge in [-0.15, -0.1) is 0 Å². The van der Waals surface area contributed by atoms with E-state index >= 15 is 8.78 Å². The van der Waals surface area contributed by atoms with Crippen LogP contribution in [0.25, 0.3) is 22.0 Å². The number of anilines is 2. The third-order valence-electron chi connectivity index (χ3n) is 15.8. The number of aromatic nitrogens is 2. The van der Waals surface area contributed by atoms with Crippen molar-refractivity contribution in [2.75, 3.05) is 75.8 Å². The second kappa shape index (κ2) is 19.7. The van der Waals surface area contributed by atoms with E-state index in [0.29, 0.717) is 30.4 Å². The SMILES string of the molecule is COc1ccc(C(N)=O)c(-c2c(Cl)c(F)cc3c2[C@H](C)[C@@](CNC2CCC(C(=O)N4CCC(CN5CCN(c6cccc7c(N8CCC(=O)NC8=O)nn(C)c67)CC5)CC4)CC2)(c2ccccc2)O3)c1F. The molecule has 4 N–H and O–H groups in total. The lowest BCUT2D eigenvalue weighted by Crippen LogP contribution is -2.50. The first kappa shape index (κ1) is 48.3. The van der Waals surface area contributed by atoms with Crippen LogP contribution in [0.1, 0.15) is 79.3 Å². The number of hydrogen-bond acceptors (Lipinski definition) is 10. The molecule has 1 saturated carbocycles. The number of halogens is 3. The van der Waals surface area contributed by atoms with Gasteiger partial charge in [-0.3, -0.25) is 34.2 Å². The Morgan fingerprint density at radius 1 is 0.930 bits per heavy atom. The van der Waals surface area contributed by atoms with Crippen LogP contribution in [0.15, 0.2) is 66.7 Å². The number of primary amides is 1. The third kappa shape index (κ3) is 8.94. The maximum Gasteiger partial charge on any atom is 0.329 e. The highest BCUT2D eigenvalue weighted by Crippen LogP contribution is 2.56. The van der Waals surface area contributed by atoms with Crippen LogP contribution >= 0.6 is 11.6 Å². The van der Waals surface area contributed by atoms with E-state index in [1.807, 2.05) is 61.1 Å². The van der Waals surface area contributed by atoms with Gasteiger partial charge in [-0.25, -0.2) is 13.6 Å². The fourth-order valence-electron chi connectivity index (χ4n) is 11.9. The molecule has 15 nitrogen and oxygen atoms in total. The first-order valence-electron chi connectivity index (χ1n) is 24.8. The smallest absolute Gasteiger partial charge is 0.329 e.